The lowest BCUT2D eigenvalue weighted by Gasteiger charge is -2.07. The first-order valence-corrected chi connectivity index (χ1v) is 8.86. The van der Waals surface area contributed by atoms with E-state index in [4.69, 9.17) is 4.98 Å². The highest BCUT2D eigenvalue weighted by atomic mass is 32.1. The zero-order valence-electron chi connectivity index (χ0n) is 14.5. The van der Waals surface area contributed by atoms with Crippen molar-refractivity contribution in [1.29, 1.82) is 0 Å². The number of aryl methyl sites for hydroxylation is 5. The largest absolute Gasteiger partial charge is 0.246 e. The van der Waals surface area contributed by atoms with Crippen LogP contribution in [0.25, 0.3) is 10.4 Å². The van der Waals surface area contributed by atoms with Gasteiger partial charge in [0.05, 0.1) is 15.6 Å². The molecule has 0 saturated heterocycles. The Labute approximate surface area is 143 Å². The average Bonchev–Trinajstić information content (AvgIpc) is 2.86. The Hall–Kier alpha value is -1.93. The van der Waals surface area contributed by atoms with Crippen LogP contribution in [0.5, 0.6) is 0 Å². The lowest BCUT2D eigenvalue weighted by atomic mass is 10.0. The van der Waals surface area contributed by atoms with Gasteiger partial charge in [-0.3, -0.25) is 0 Å². The molecular weight excluding hydrogens is 298 g/mol. The summed E-state index contributed by atoms with van der Waals surface area (Å²) < 4.78 is 0. The van der Waals surface area contributed by atoms with E-state index in [9.17, 15) is 0 Å². The molecule has 118 valence electrons. The Balaban J connectivity index is 2.00. The van der Waals surface area contributed by atoms with Crippen LogP contribution < -0.4 is 0 Å². The Morgan fingerprint density at radius 3 is 2.26 bits per heavy atom. The van der Waals surface area contributed by atoms with Crippen molar-refractivity contribution in [3.8, 4) is 10.4 Å². The van der Waals surface area contributed by atoms with Gasteiger partial charge < -0.3 is 0 Å². The number of aromatic nitrogens is 1. The van der Waals surface area contributed by atoms with Gasteiger partial charge in [0.1, 0.15) is 0 Å². The SMILES string of the molecule is Cc1ccc(C)c(-c2sc(Cc3c(C)cccc3C)nc2C)c1. The van der Waals surface area contributed by atoms with E-state index in [0.29, 0.717) is 0 Å². The third kappa shape index (κ3) is 3.23. The third-order valence-electron chi connectivity index (χ3n) is 4.45. The molecule has 23 heavy (non-hydrogen) atoms. The summed E-state index contributed by atoms with van der Waals surface area (Å²) in [5, 5.41) is 1.20. The van der Waals surface area contributed by atoms with Crippen molar-refractivity contribution in [2.75, 3.05) is 0 Å². The molecule has 0 N–H and O–H groups in total. The highest BCUT2D eigenvalue weighted by Crippen LogP contribution is 2.34. The second kappa shape index (κ2) is 6.29. The molecule has 2 heteroatoms. The zero-order valence-corrected chi connectivity index (χ0v) is 15.3. The summed E-state index contributed by atoms with van der Waals surface area (Å²) in [6.07, 6.45) is 0.925. The Morgan fingerprint density at radius 1 is 0.870 bits per heavy atom. The first-order valence-electron chi connectivity index (χ1n) is 8.04. The van der Waals surface area contributed by atoms with Crippen molar-refractivity contribution in [2.45, 2.75) is 41.0 Å². The van der Waals surface area contributed by atoms with Gasteiger partial charge in [0.15, 0.2) is 0 Å². The van der Waals surface area contributed by atoms with Crippen LogP contribution in [0.4, 0.5) is 0 Å². The summed E-state index contributed by atoms with van der Waals surface area (Å²) in [5.74, 6) is 0. The Morgan fingerprint density at radius 2 is 1.57 bits per heavy atom. The lowest BCUT2D eigenvalue weighted by molar-refractivity contribution is 1.07. The molecule has 0 radical (unpaired) electrons. The number of benzene rings is 2. The van der Waals surface area contributed by atoms with E-state index in [1.807, 2.05) is 11.3 Å². The van der Waals surface area contributed by atoms with Crippen molar-refractivity contribution in [3.05, 3.63) is 74.9 Å². The van der Waals surface area contributed by atoms with Gasteiger partial charge in [0.25, 0.3) is 0 Å². The van der Waals surface area contributed by atoms with Crippen LogP contribution in [0.1, 0.15) is 38.5 Å². The predicted octanol–water partition coefficient (Wildman–Crippen LogP) is 5.94. The Kier molecular flexibility index (Phi) is 4.36. The summed E-state index contributed by atoms with van der Waals surface area (Å²) in [4.78, 5) is 6.17. The molecule has 0 unspecified atom stereocenters. The molecule has 1 nitrogen and oxygen atoms in total. The zero-order chi connectivity index (χ0) is 16.6. The summed E-state index contributed by atoms with van der Waals surface area (Å²) in [5.41, 5.74) is 9.21. The van der Waals surface area contributed by atoms with Gasteiger partial charge in [0, 0.05) is 6.42 Å². The molecule has 0 fully saturated rings. The first-order chi connectivity index (χ1) is 11.0. The summed E-state index contributed by atoms with van der Waals surface area (Å²) in [6, 6.07) is 13.2. The molecule has 2 aromatic carbocycles. The van der Waals surface area contributed by atoms with Crippen LogP contribution in [-0.2, 0) is 6.42 Å². The first kappa shape index (κ1) is 15.9. The number of rotatable bonds is 3. The van der Waals surface area contributed by atoms with Crippen LogP contribution in [-0.4, -0.2) is 4.98 Å². The highest BCUT2D eigenvalue weighted by molar-refractivity contribution is 7.15. The summed E-state index contributed by atoms with van der Waals surface area (Å²) in [6.45, 7) is 10.8. The van der Waals surface area contributed by atoms with E-state index in [-0.39, 0.29) is 0 Å². The van der Waals surface area contributed by atoms with Crippen LogP contribution >= 0.6 is 11.3 Å². The van der Waals surface area contributed by atoms with E-state index in [2.05, 4.69) is 71.0 Å². The van der Waals surface area contributed by atoms with E-state index < -0.39 is 0 Å². The normalized spacial score (nSPS) is 11.0. The molecule has 3 rings (SSSR count). The molecule has 0 amide bonds. The third-order valence-corrected chi connectivity index (χ3v) is 5.64. The summed E-state index contributed by atoms with van der Waals surface area (Å²) in [7, 11) is 0. The van der Waals surface area contributed by atoms with Crippen molar-refractivity contribution in [3.63, 3.8) is 0 Å². The number of thiazole rings is 1. The standard InChI is InChI=1S/C21H23NS/c1-13-9-10-16(4)19(11-13)21-17(5)22-20(23-21)12-18-14(2)7-6-8-15(18)3/h6-11H,12H2,1-5H3. The molecule has 1 aromatic heterocycles. The molecule has 0 aliphatic carbocycles. The molecule has 0 saturated carbocycles. The molecule has 0 spiro atoms. The molecule has 0 bridgehead atoms. The van der Waals surface area contributed by atoms with E-state index in [0.717, 1.165) is 12.1 Å². The van der Waals surface area contributed by atoms with Gasteiger partial charge in [-0.05, 0) is 62.4 Å². The molecule has 0 aliphatic heterocycles. The monoisotopic (exact) mass is 321 g/mol. The lowest BCUT2D eigenvalue weighted by Crippen LogP contribution is -1.94. The number of nitrogens with zero attached hydrogens (tertiary/aromatic N) is 1. The maximum atomic E-state index is 4.85. The highest BCUT2D eigenvalue weighted by Gasteiger charge is 2.13. The van der Waals surface area contributed by atoms with Gasteiger partial charge in [-0.15, -0.1) is 11.3 Å². The molecule has 0 atom stereocenters. The number of hydrogen-bond acceptors (Lipinski definition) is 2. The van der Waals surface area contributed by atoms with E-state index in [1.165, 1.54) is 43.3 Å². The maximum Gasteiger partial charge on any atom is 0.0978 e. The second-order valence-corrected chi connectivity index (χ2v) is 7.47. The van der Waals surface area contributed by atoms with Crippen molar-refractivity contribution in [2.24, 2.45) is 0 Å². The topological polar surface area (TPSA) is 12.9 Å². The minimum absolute atomic E-state index is 0.925. The minimum atomic E-state index is 0.925. The van der Waals surface area contributed by atoms with Gasteiger partial charge in [-0.2, -0.15) is 0 Å². The maximum absolute atomic E-state index is 4.85. The van der Waals surface area contributed by atoms with Crippen molar-refractivity contribution in [1.82, 2.24) is 4.98 Å². The van der Waals surface area contributed by atoms with Gasteiger partial charge in [-0.1, -0.05) is 42.0 Å². The number of hydrogen-bond donors (Lipinski definition) is 0. The molecular formula is C21H23NS. The molecule has 0 aliphatic rings. The van der Waals surface area contributed by atoms with Gasteiger partial charge >= 0.3 is 0 Å². The molecule has 1 heterocycles. The fourth-order valence-electron chi connectivity index (χ4n) is 3.04. The minimum Gasteiger partial charge on any atom is -0.246 e. The molecule has 3 aromatic rings. The fraction of sp³-hybridized carbons (Fsp3) is 0.286. The van der Waals surface area contributed by atoms with Crippen LogP contribution in [0.2, 0.25) is 0 Å². The van der Waals surface area contributed by atoms with E-state index >= 15 is 0 Å². The Bertz CT molecular complexity index is 838. The van der Waals surface area contributed by atoms with Crippen LogP contribution in [0, 0.1) is 34.6 Å². The fourth-order valence-corrected chi connectivity index (χ4v) is 4.20. The smallest absolute Gasteiger partial charge is 0.0978 e. The van der Waals surface area contributed by atoms with E-state index in [1.54, 1.807) is 0 Å². The van der Waals surface area contributed by atoms with Crippen molar-refractivity contribution >= 4 is 11.3 Å². The second-order valence-electron chi connectivity index (χ2n) is 6.39. The van der Waals surface area contributed by atoms with Crippen LogP contribution in [0.3, 0.4) is 0 Å². The predicted molar refractivity (Wildman–Crippen MR) is 100 cm³/mol. The van der Waals surface area contributed by atoms with Crippen LogP contribution in [0.15, 0.2) is 36.4 Å². The average molecular weight is 321 g/mol. The quantitative estimate of drug-likeness (QED) is 0.581. The van der Waals surface area contributed by atoms with Crippen molar-refractivity contribution < 1.29 is 0 Å². The summed E-state index contributed by atoms with van der Waals surface area (Å²) >= 11 is 1.84. The van der Waals surface area contributed by atoms with Gasteiger partial charge in [-0.25, -0.2) is 4.98 Å². The van der Waals surface area contributed by atoms with Gasteiger partial charge in [0.2, 0.25) is 0 Å².